The second kappa shape index (κ2) is 6.47. The summed E-state index contributed by atoms with van der Waals surface area (Å²) in [7, 11) is 0. The molecule has 1 aliphatic rings. The first kappa shape index (κ1) is 12.0. The molecule has 0 radical (unpaired) electrons. The van der Waals surface area contributed by atoms with Crippen LogP contribution in [0.3, 0.4) is 0 Å². The van der Waals surface area contributed by atoms with Gasteiger partial charge in [0.1, 0.15) is 0 Å². The predicted octanol–water partition coefficient (Wildman–Crippen LogP) is 3.37. The average Bonchev–Trinajstić information content (AvgIpc) is 2.07. The first-order valence-electron chi connectivity index (χ1n) is 5.29. The van der Waals surface area contributed by atoms with Crippen LogP contribution in [0, 0.1) is 5.41 Å². The van der Waals surface area contributed by atoms with Crippen molar-refractivity contribution >= 4 is 0 Å². The molecule has 1 rings (SSSR count). The Labute approximate surface area is 77.2 Å². The Morgan fingerprint density at radius 1 is 1.08 bits per heavy atom. The molecular formula is C11H24O. The highest BCUT2D eigenvalue weighted by molar-refractivity contribution is 4.76. The van der Waals surface area contributed by atoms with E-state index in [2.05, 4.69) is 20.8 Å². The molecule has 1 N–H and O–H groups in total. The summed E-state index contributed by atoms with van der Waals surface area (Å²) in [6.07, 6.45) is 7.71. The molecule has 0 aromatic rings. The van der Waals surface area contributed by atoms with Gasteiger partial charge in [0.25, 0.3) is 0 Å². The minimum absolute atomic E-state index is 0.276. The van der Waals surface area contributed by atoms with E-state index in [9.17, 15) is 0 Å². The maximum atomic E-state index is 8.95. The van der Waals surface area contributed by atoms with Crippen LogP contribution < -0.4 is 0 Å². The Hall–Kier alpha value is -0.0400. The van der Waals surface area contributed by atoms with Crippen molar-refractivity contribution in [3.05, 3.63) is 0 Å². The van der Waals surface area contributed by atoms with Gasteiger partial charge in [-0.3, -0.25) is 0 Å². The highest BCUT2D eigenvalue weighted by Gasteiger charge is 2.25. The zero-order valence-corrected chi connectivity index (χ0v) is 8.90. The number of aliphatic hydroxyl groups excluding tert-OH is 1. The van der Waals surface area contributed by atoms with Crippen LogP contribution in [0.4, 0.5) is 0 Å². The molecule has 12 heavy (non-hydrogen) atoms. The first-order valence-corrected chi connectivity index (χ1v) is 5.29. The van der Waals surface area contributed by atoms with Crippen LogP contribution in [0.2, 0.25) is 0 Å². The van der Waals surface area contributed by atoms with Gasteiger partial charge in [-0.25, -0.2) is 0 Å². The summed E-state index contributed by atoms with van der Waals surface area (Å²) in [6.45, 7) is 6.82. The first-order chi connectivity index (χ1) is 5.68. The molecule has 1 saturated carbocycles. The fourth-order valence-corrected chi connectivity index (χ4v) is 1.56. The summed E-state index contributed by atoms with van der Waals surface area (Å²) in [5.74, 6) is 0. The summed E-state index contributed by atoms with van der Waals surface area (Å²) < 4.78 is 0. The summed E-state index contributed by atoms with van der Waals surface area (Å²) in [6, 6.07) is 0. The van der Waals surface area contributed by atoms with Crippen molar-refractivity contribution in [2.45, 2.75) is 59.3 Å². The molecule has 0 atom stereocenters. The maximum Gasteiger partial charge on any atom is 0.0484 e. The Kier molecular flexibility index (Phi) is 6.45. The quantitative estimate of drug-likeness (QED) is 0.643. The minimum Gasteiger partial charge on any atom is -0.396 e. The molecule has 1 aliphatic carbocycles. The lowest BCUT2D eigenvalue weighted by molar-refractivity contribution is 0.100. The van der Waals surface area contributed by atoms with E-state index in [1.54, 1.807) is 0 Å². The van der Waals surface area contributed by atoms with Gasteiger partial charge in [0.2, 0.25) is 0 Å². The monoisotopic (exact) mass is 172 g/mol. The number of aliphatic hydroxyl groups is 1. The predicted molar refractivity (Wildman–Crippen MR) is 54.2 cm³/mol. The number of hydrogen-bond acceptors (Lipinski definition) is 1. The third kappa shape index (κ3) is 4.76. The largest absolute Gasteiger partial charge is 0.396 e. The van der Waals surface area contributed by atoms with E-state index >= 15 is 0 Å². The molecule has 0 spiro atoms. The lowest BCUT2D eigenvalue weighted by Crippen LogP contribution is -2.23. The molecular weight excluding hydrogens is 148 g/mol. The van der Waals surface area contributed by atoms with E-state index in [-0.39, 0.29) is 5.41 Å². The third-order valence-corrected chi connectivity index (χ3v) is 2.44. The van der Waals surface area contributed by atoms with Gasteiger partial charge < -0.3 is 5.11 Å². The van der Waals surface area contributed by atoms with E-state index in [0.29, 0.717) is 6.61 Å². The molecule has 0 aliphatic heterocycles. The third-order valence-electron chi connectivity index (χ3n) is 2.44. The van der Waals surface area contributed by atoms with Crippen molar-refractivity contribution in [1.82, 2.24) is 0 Å². The molecule has 0 bridgehead atoms. The average molecular weight is 172 g/mol. The summed E-state index contributed by atoms with van der Waals surface area (Å²) >= 11 is 0. The molecule has 0 unspecified atom stereocenters. The van der Waals surface area contributed by atoms with Crippen molar-refractivity contribution in [3.8, 4) is 0 Å². The second-order valence-electron chi connectivity index (χ2n) is 4.24. The molecule has 0 aromatic carbocycles. The standard InChI is InChI=1S/C8H16O.C3H8/c1-8(7-9)5-3-2-4-6-8;1-3-2/h9H,2-7H2,1H3;3H2,1-2H3. The minimum atomic E-state index is 0.276. The van der Waals surface area contributed by atoms with Gasteiger partial charge in [-0.2, -0.15) is 0 Å². The zero-order valence-electron chi connectivity index (χ0n) is 8.90. The van der Waals surface area contributed by atoms with E-state index in [1.807, 2.05) is 0 Å². The maximum absolute atomic E-state index is 8.95. The lowest BCUT2D eigenvalue weighted by Gasteiger charge is -2.31. The van der Waals surface area contributed by atoms with Crippen LogP contribution in [0.1, 0.15) is 59.3 Å². The highest BCUT2D eigenvalue weighted by Crippen LogP contribution is 2.34. The molecule has 1 nitrogen and oxygen atoms in total. The smallest absolute Gasteiger partial charge is 0.0484 e. The van der Waals surface area contributed by atoms with Crippen molar-refractivity contribution in [1.29, 1.82) is 0 Å². The van der Waals surface area contributed by atoms with Gasteiger partial charge in [-0.1, -0.05) is 46.5 Å². The molecule has 0 aromatic heterocycles. The van der Waals surface area contributed by atoms with Crippen molar-refractivity contribution < 1.29 is 5.11 Å². The second-order valence-corrected chi connectivity index (χ2v) is 4.24. The van der Waals surface area contributed by atoms with Crippen LogP contribution in [-0.4, -0.2) is 11.7 Å². The van der Waals surface area contributed by atoms with Gasteiger partial charge in [-0.15, -0.1) is 0 Å². The SMILES string of the molecule is CC1(CO)CCCCC1.CCC. The Bertz CT molecular complexity index is 93.2. The highest BCUT2D eigenvalue weighted by atomic mass is 16.3. The lowest BCUT2D eigenvalue weighted by atomic mass is 9.76. The van der Waals surface area contributed by atoms with Crippen LogP contribution in [0.5, 0.6) is 0 Å². The van der Waals surface area contributed by atoms with E-state index in [0.717, 1.165) is 0 Å². The molecule has 1 heteroatoms. The van der Waals surface area contributed by atoms with Crippen LogP contribution >= 0.6 is 0 Å². The number of rotatable bonds is 1. The normalized spacial score (nSPS) is 21.0. The molecule has 0 amide bonds. The van der Waals surface area contributed by atoms with Gasteiger partial charge >= 0.3 is 0 Å². The van der Waals surface area contributed by atoms with Crippen molar-refractivity contribution in [3.63, 3.8) is 0 Å². The summed E-state index contributed by atoms with van der Waals surface area (Å²) in [5, 5.41) is 8.95. The van der Waals surface area contributed by atoms with Gasteiger partial charge in [-0.05, 0) is 18.3 Å². The number of hydrogen-bond donors (Lipinski definition) is 1. The fraction of sp³-hybridized carbons (Fsp3) is 1.00. The van der Waals surface area contributed by atoms with Crippen molar-refractivity contribution in [2.24, 2.45) is 5.41 Å². The topological polar surface area (TPSA) is 20.2 Å². The Balaban J connectivity index is 0.000000354. The van der Waals surface area contributed by atoms with E-state index < -0.39 is 0 Å². The van der Waals surface area contributed by atoms with Crippen LogP contribution in [0.15, 0.2) is 0 Å². The molecule has 0 saturated heterocycles. The van der Waals surface area contributed by atoms with E-state index in [1.165, 1.54) is 38.5 Å². The molecule has 74 valence electrons. The van der Waals surface area contributed by atoms with Gasteiger partial charge in [0.15, 0.2) is 0 Å². The van der Waals surface area contributed by atoms with Crippen LogP contribution in [-0.2, 0) is 0 Å². The molecule has 1 fully saturated rings. The Morgan fingerprint density at radius 2 is 1.50 bits per heavy atom. The fourth-order valence-electron chi connectivity index (χ4n) is 1.56. The zero-order chi connectivity index (χ0) is 9.45. The molecule has 0 heterocycles. The Morgan fingerprint density at radius 3 is 1.75 bits per heavy atom. The van der Waals surface area contributed by atoms with Gasteiger partial charge in [0.05, 0.1) is 0 Å². The van der Waals surface area contributed by atoms with E-state index in [4.69, 9.17) is 5.11 Å². The van der Waals surface area contributed by atoms with Crippen molar-refractivity contribution in [2.75, 3.05) is 6.61 Å². The van der Waals surface area contributed by atoms with Crippen LogP contribution in [0.25, 0.3) is 0 Å². The van der Waals surface area contributed by atoms with Gasteiger partial charge in [0, 0.05) is 6.61 Å². The summed E-state index contributed by atoms with van der Waals surface area (Å²) in [5.41, 5.74) is 0.276. The summed E-state index contributed by atoms with van der Waals surface area (Å²) in [4.78, 5) is 0.